The Morgan fingerprint density at radius 3 is 2.47 bits per heavy atom. The molecule has 4 unspecified atom stereocenters. The lowest BCUT2D eigenvalue weighted by molar-refractivity contribution is -0.936. The number of anilines is 1. The number of benzene rings is 1. The largest absolute Gasteiger partial charge is 0.746 e. The molecule has 2 aliphatic heterocycles. The summed E-state index contributed by atoms with van der Waals surface area (Å²) in [6.45, 7) is 9.76. The number of urea groups is 1. The van der Waals surface area contributed by atoms with Crippen molar-refractivity contribution in [2.45, 2.75) is 96.0 Å². The van der Waals surface area contributed by atoms with Crippen LogP contribution in [0.3, 0.4) is 0 Å². The molecule has 242 valence electrons. The van der Waals surface area contributed by atoms with Gasteiger partial charge in [0.2, 0.25) is 11.8 Å². The summed E-state index contributed by atoms with van der Waals surface area (Å²) in [6.07, 6.45) is 5.83. The first kappa shape index (κ1) is 35.2. The van der Waals surface area contributed by atoms with E-state index in [-0.39, 0.29) is 35.7 Å². The zero-order valence-electron chi connectivity index (χ0n) is 25.6. The minimum absolute atomic E-state index is 0.0418. The smallest absolute Gasteiger partial charge is 0.317 e. The fraction of sp³-hybridized carbons (Fsp3) is 0.690. The van der Waals surface area contributed by atoms with Crippen LogP contribution >= 0.6 is 19.6 Å². The van der Waals surface area contributed by atoms with E-state index < -0.39 is 7.82 Å². The maximum atomic E-state index is 12.6. The van der Waals surface area contributed by atoms with E-state index in [1.165, 1.54) is 6.07 Å². The van der Waals surface area contributed by atoms with E-state index in [0.29, 0.717) is 53.3 Å². The number of phosphoric ester groups is 1. The lowest BCUT2D eigenvalue weighted by Gasteiger charge is -2.36. The molecule has 0 saturated carbocycles. The Labute approximate surface area is 259 Å². The second kappa shape index (κ2) is 16.7. The van der Waals surface area contributed by atoms with Gasteiger partial charge in [0.25, 0.3) is 0 Å². The van der Waals surface area contributed by atoms with Crippen LogP contribution in [-0.2, 0) is 20.7 Å². The standard InChI is InChI=1S/C29H48N5O7PS/c1-4-34(5-2,6-3)19-21-18-22(15-16-24(21)41-42(38,39)40)31-27(36)14-8-7-11-17-30-26(35)13-10-9-12-25-28-23(20-43-25)32-29(37)33-28/h15-16,18,23,25,28H,4-14,17,19-20H2,1-3H3,(H5-,30,31,32,33,35,36,37,38,39,40). The summed E-state index contributed by atoms with van der Waals surface area (Å²) in [5.41, 5.74) is 1.13. The maximum absolute atomic E-state index is 12.6. The Balaban J connectivity index is 1.32. The van der Waals surface area contributed by atoms with Gasteiger partial charge in [-0.3, -0.25) is 14.2 Å². The van der Waals surface area contributed by atoms with Gasteiger partial charge < -0.3 is 40.1 Å². The number of rotatable bonds is 19. The monoisotopic (exact) mass is 641 g/mol. The number of fused-ring (bicyclic) bond motifs is 1. The topological polar surface area (TPSA) is 169 Å². The molecule has 0 bridgehead atoms. The summed E-state index contributed by atoms with van der Waals surface area (Å²) in [4.78, 5) is 56.9. The Kier molecular flexibility index (Phi) is 13.6. The molecule has 1 aromatic rings. The van der Waals surface area contributed by atoms with Crippen molar-refractivity contribution in [3.8, 4) is 5.75 Å². The van der Waals surface area contributed by atoms with Crippen molar-refractivity contribution in [3.05, 3.63) is 23.8 Å². The SMILES string of the molecule is CC[N+](CC)(CC)Cc1cc(NC(=O)CCCCCNC(=O)CCCCC2SCC3NC(=O)NC32)ccc1OP(=O)([O-])O. The summed E-state index contributed by atoms with van der Waals surface area (Å²) in [5.74, 6) is 0.889. The number of thioether (sulfide) groups is 1. The van der Waals surface area contributed by atoms with Crippen LogP contribution < -0.4 is 30.7 Å². The molecule has 2 aliphatic rings. The first-order valence-corrected chi connectivity index (χ1v) is 18.0. The van der Waals surface area contributed by atoms with Crippen molar-refractivity contribution in [1.29, 1.82) is 0 Å². The maximum Gasteiger partial charge on any atom is 0.317 e. The van der Waals surface area contributed by atoms with Gasteiger partial charge in [0.15, 0.2) is 0 Å². The van der Waals surface area contributed by atoms with Crippen LogP contribution in [0.15, 0.2) is 18.2 Å². The molecule has 4 amide bonds. The van der Waals surface area contributed by atoms with Gasteiger partial charge in [-0.05, 0) is 64.7 Å². The Morgan fingerprint density at radius 2 is 1.77 bits per heavy atom. The van der Waals surface area contributed by atoms with Gasteiger partial charge in [0.05, 0.1) is 37.3 Å². The number of amides is 4. The third kappa shape index (κ3) is 11.3. The average Bonchev–Trinajstić information content (AvgIpc) is 3.51. The number of hydrogen-bond donors (Lipinski definition) is 5. The van der Waals surface area contributed by atoms with Gasteiger partial charge in [-0.25, -0.2) is 4.79 Å². The summed E-state index contributed by atoms with van der Waals surface area (Å²) in [6, 6.07) is 5.08. The minimum Gasteiger partial charge on any atom is -0.746 e. The van der Waals surface area contributed by atoms with Gasteiger partial charge >= 0.3 is 13.9 Å². The van der Waals surface area contributed by atoms with Crippen molar-refractivity contribution in [2.24, 2.45) is 0 Å². The van der Waals surface area contributed by atoms with Crippen LogP contribution in [0.5, 0.6) is 5.75 Å². The molecular weight excluding hydrogens is 593 g/mol. The van der Waals surface area contributed by atoms with Gasteiger partial charge in [0.1, 0.15) is 12.3 Å². The van der Waals surface area contributed by atoms with Crippen LogP contribution in [0.2, 0.25) is 0 Å². The Bertz CT molecular complexity index is 1140. The van der Waals surface area contributed by atoms with E-state index in [4.69, 9.17) is 4.52 Å². The van der Waals surface area contributed by atoms with E-state index in [0.717, 1.165) is 57.5 Å². The van der Waals surface area contributed by atoms with E-state index in [2.05, 4.69) is 42.0 Å². The van der Waals surface area contributed by atoms with Crippen LogP contribution in [0, 0.1) is 0 Å². The highest BCUT2D eigenvalue weighted by Gasteiger charge is 2.42. The molecule has 0 spiro atoms. The Morgan fingerprint density at radius 1 is 1.07 bits per heavy atom. The number of hydrogen-bond acceptors (Lipinski definition) is 7. The van der Waals surface area contributed by atoms with Gasteiger partial charge in [0, 0.05) is 36.1 Å². The van der Waals surface area contributed by atoms with Crippen molar-refractivity contribution in [2.75, 3.05) is 37.2 Å². The molecule has 1 aromatic carbocycles. The number of carbonyl (C=O) groups is 3. The van der Waals surface area contributed by atoms with Crippen LogP contribution in [0.1, 0.15) is 77.7 Å². The summed E-state index contributed by atoms with van der Waals surface area (Å²) < 4.78 is 16.9. The van der Waals surface area contributed by atoms with E-state index >= 15 is 0 Å². The van der Waals surface area contributed by atoms with Crippen LogP contribution in [0.25, 0.3) is 0 Å². The van der Waals surface area contributed by atoms with E-state index in [1.54, 1.807) is 12.1 Å². The molecule has 2 fully saturated rings. The first-order chi connectivity index (χ1) is 20.5. The first-order valence-electron chi connectivity index (χ1n) is 15.4. The third-order valence-corrected chi connectivity index (χ3v) is 10.5. The lowest BCUT2D eigenvalue weighted by atomic mass is 10.0. The fourth-order valence-electron chi connectivity index (χ4n) is 5.76. The second-order valence-corrected chi connectivity index (χ2v) is 13.8. The van der Waals surface area contributed by atoms with Crippen molar-refractivity contribution < 1.29 is 37.7 Å². The number of phosphoric acid groups is 1. The molecule has 0 aliphatic carbocycles. The zero-order chi connectivity index (χ0) is 31.5. The molecule has 12 nitrogen and oxygen atoms in total. The number of unbranched alkanes of at least 4 members (excludes halogenated alkanes) is 3. The van der Waals surface area contributed by atoms with Crippen molar-refractivity contribution in [3.63, 3.8) is 0 Å². The molecule has 4 atom stereocenters. The highest BCUT2D eigenvalue weighted by molar-refractivity contribution is 8.00. The number of quaternary nitrogens is 1. The predicted octanol–water partition coefficient (Wildman–Crippen LogP) is 3.24. The van der Waals surface area contributed by atoms with Crippen molar-refractivity contribution >= 4 is 43.1 Å². The summed E-state index contributed by atoms with van der Waals surface area (Å²) in [5, 5.41) is 12.2. The molecule has 5 N–H and O–H groups in total. The molecule has 0 aromatic heterocycles. The summed E-state index contributed by atoms with van der Waals surface area (Å²) >= 11 is 1.89. The van der Waals surface area contributed by atoms with E-state index in [1.807, 2.05) is 11.8 Å². The van der Waals surface area contributed by atoms with Crippen LogP contribution in [0.4, 0.5) is 10.5 Å². The molecule has 2 heterocycles. The Hall–Kier alpha value is -2.31. The fourth-order valence-corrected chi connectivity index (χ4v) is 7.73. The highest BCUT2D eigenvalue weighted by Crippen LogP contribution is 2.38. The second-order valence-electron chi connectivity index (χ2n) is 11.4. The van der Waals surface area contributed by atoms with Gasteiger partial charge in [-0.2, -0.15) is 11.8 Å². The molecule has 14 heteroatoms. The summed E-state index contributed by atoms with van der Waals surface area (Å²) in [7, 11) is -4.98. The van der Waals surface area contributed by atoms with E-state index in [9.17, 15) is 28.7 Å². The zero-order valence-corrected chi connectivity index (χ0v) is 27.3. The third-order valence-electron chi connectivity index (χ3n) is 8.56. The highest BCUT2D eigenvalue weighted by atomic mass is 32.2. The van der Waals surface area contributed by atoms with Gasteiger partial charge in [-0.15, -0.1) is 0 Å². The molecule has 2 saturated heterocycles. The molecule has 3 rings (SSSR count). The quantitative estimate of drug-likeness (QED) is 0.0664. The number of carbonyl (C=O) groups excluding carboxylic acids is 3. The minimum atomic E-state index is -4.98. The van der Waals surface area contributed by atoms with Crippen molar-refractivity contribution in [1.82, 2.24) is 16.0 Å². The molecular formula is C29H48N5O7PS. The number of nitrogens with zero attached hydrogens (tertiary/aromatic N) is 1. The lowest BCUT2D eigenvalue weighted by Crippen LogP contribution is -2.46. The van der Waals surface area contributed by atoms with Gasteiger partial charge in [-0.1, -0.05) is 12.8 Å². The molecule has 43 heavy (non-hydrogen) atoms. The average molecular weight is 642 g/mol. The number of nitrogens with one attached hydrogen (secondary N) is 4. The molecule has 0 radical (unpaired) electrons. The van der Waals surface area contributed by atoms with Crippen LogP contribution in [-0.4, -0.2) is 76.5 Å². The predicted molar refractivity (Wildman–Crippen MR) is 167 cm³/mol. The normalized spacial score (nSPS) is 21.0.